The molecular formula is C9H9NO3S2. The predicted octanol–water partition coefficient (Wildman–Crippen LogP) is 0.437. The Balaban J connectivity index is 2.62. The van der Waals surface area contributed by atoms with Gasteiger partial charge in [0.05, 0.1) is 21.5 Å². The number of sulfonamides is 1. The predicted molar refractivity (Wildman–Crippen MR) is 58.8 cm³/mol. The molecule has 1 aliphatic rings. The van der Waals surface area contributed by atoms with E-state index >= 15 is 0 Å². The van der Waals surface area contributed by atoms with Crippen LogP contribution in [0.15, 0.2) is 34.1 Å². The summed E-state index contributed by atoms with van der Waals surface area (Å²) in [5.41, 5.74) is 0.658. The van der Waals surface area contributed by atoms with Crippen molar-refractivity contribution in [3.05, 3.63) is 34.7 Å². The molecule has 1 aliphatic heterocycles. The Kier molecular flexibility index (Phi) is 2.49. The van der Waals surface area contributed by atoms with E-state index in [-0.39, 0.29) is 10.7 Å². The van der Waals surface area contributed by atoms with E-state index in [1.54, 1.807) is 24.3 Å². The molecule has 2 rings (SSSR count). The molecule has 15 heavy (non-hydrogen) atoms. The normalized spacial score (nSPS) is 20.6. The molecule has 80 valence electrons. The van der Waals surface area contributed by atoms with Crippen LogP contribution >= 0.6 is 0 Å². The molecule has 0 aromatic heterocycles. The SMILES string of the molecule is NS(=O)(=O)C1=Cc2ccccc2S(=O)C1. The van der Waals surface area contributed by atoms with Crippen molar-refractivity contribution in [2.24, 2.45) is 5.14 Å². The molecule has 1 aromatic rings. The second-order valence-corrected chi connectivity index (χ2v) is 6.22. The number of fused-ring (bicyclic) bond motifs is 1. The molecule has 0 bridgehead atoms. The standard InChI is InChI=1S/C9H9NO3S2/c10-15(12,13)8-5-7-3-1-2-4-9(7)14(11)6-8/h1-5H,6H2,(H2,10,12,13). The lowest BCUT2D eigenvalue weighted by Crippen LogP contribution is -2.21. The van der Waals surface area contributed by atoms with Gasteiger partial charge in [0.25, 0.3) is 0 Å². The van der Waals surface area contributed by atoms with E-state index in [0.29, 0.717) is 10.5 Å². The third kappa shape index (κ3) is 2.01. The molecule has 4 nitrogen and oxygen atoms in total. The first-order valence-electron chi connectivity index (χ1n) is 4.19. The van der Waals surface area contributed by atoms with Crippen LogP contribution in [-0.2, 0) is 20.8 Å². The maximum atomic E-state index is 11.7. The van der Waals surface area contributed by atoms with Crippen LogP contribution in [0.1, 0.15) is 5.56 Å². The summed E-state index contributed by atoms with van der Waals surface area (Å²) >= 11 is 0. The molecule has 6 heteroatoms. The number of benzene rings is 1. The van der Waals surface area contributed by atoms with Gasteiger partial charge in [-0.15, -0.1) is 0 Å². The first-order chi connectivity index (χ1) is 6.98. The summed E-state index contributed by atoms with van der Waals surface area (Å²) in [5, 5.41) is 5.00. The average Bonchev–Trinajstić information content (AvgIpc) is 2.16. The Morgan fingerprint density at radius 3 is 2.60 bits per heavy atom. The lowest BCUT2D eigenvalue weighted by molar-refractivity contribution is 0.603. The second-order valence-electron chi connectivity index (χ2n) is 3.18. The monoisotopic (exact) mass is 243 g/mol. The van der Waals surface area contributed by atoms with Crippen LogP contribution in [0.25, 0.3) is 6.08 Å². The second kappa shape index (κ2) is 3.55. The molecule has 0 aliphatic carbocycles. The highest BCUT2D eigenvalue weighted by Crippen LogP contribution is 2.25. The van der Waals surface area contributed by atoms with Crippen LogP contribution in [0.2, 0.25) is 0 Å². The number of hydrogen-bond donors (Lipinski definition) is 1. The maximum absolute atomic E-state index is 11.7. The fourth-order valence-corrected chi connectivity index (χ4v) is 3.78. The van der Waals surface area contributed by atoms with E-state index in [4.69, 9.17) is 5.14 Å². The first-order valence-corrected chi connectivity index (χ1v) is 7.06. The molecular weight excluding hydrogens is 234 g/mol. The molecule has 0 amide bonds. The van der Waals surface area contributed by atoms with Gasteiger partial charge in [-0.25, -0.2) is 13.6 Å². The highest BCUT2D eigenvalue weighted by atomic mass is 32.2. The van der Waals surface area contributed by atoms with Crippen molar-refractivity contribution in [1.82, 2.24) is 0 Å². The largest absolute Gasteiger partial charge is 0.254 e. The Morgan fingerprint density at radius 1 is 1.27 bits per heavy atom. The molecule has 0 fully saturated rings. The van der Waals surface area contributed by atoms with Gasteiger partial charge in [-0.3, -0.25) is 4.21 Å². The van der Waals surface area contributed by atoms with Crippen molar-refractivity contribution in [2.45, 2.75) is 4.90 Å². The Labute approximate surface area is 90.3 Å². The topological polar surface area (TPSA) is 77.2 Å². The van der Waals surface area contributed by atoms with Crippen LogP contribution in [0.4, 0.5) is 0 Å². The van der Waals surface area contributed by atoms with E-state index in [0.717, 1.165) is 0 Å². The van der Waals surface area contributed by atoms with Crippen molar-refractivity contribution in [3.8, 4) is 0 Å². The van der Waals surface area contributed by atoms with Crippen molar-refractivity contribution in [3.63, 3.8) is 0 Å². The summed E-state index contributed by atoms with van der Waals surface area (Å²) in [6, 6.07) is 6.98. The number of nitrogens with two attached hydrogens (primary N) is 1. The Morgan fingerprint density at radius 2 is 1.93 bits per heavy atom. The van der Waals surface area contributed by atoms with Gasteiger partial charge in [0.2, 0.25) is 10.0 Å². The minimum Gasteiger partial charge on any atom is -0.254 e. The van der Waals surface area contributed by atoms with Crippen molar-refractivity contribution >= 4 is 26.9 Å². The molecule has 1 unspecified atom stereocenters. The quantitative estimate of drug-likeness (QED) is 0.777. The van der Waals surface area contributed by atoms with Gasteiger partial charge in [-0.2, -0.15) is 0 Å². The minimum atomic E-state index is -3.73. The van der Waals surface area contributed by atoms with Gasteiger partial charge in [-0.1, -0.05) is 18.2 Å². The van der Waals surface area contributed by atoms with E-state index < -0.39 is 20.8 Å². The van der Waals surface area contributed by atoms with Crippen LogP contribution in [0.5, 0.6) is 0 Å². The van der Waals surface area contributed by atoms with Gasteiger partial charge >= 0.3 is 0 Å². The molecule has 0 spiro atoms. The van der Waals surface area contributed by atoms with Gasteiger partial charge < -0.3 is 0 Å². The van der Waals surface area contributed by atoms with Crippen LogP contribution in [-0.4, -0.2) is 18.4 Å². The lowest BCUT2D eigenvalue weighted by Gasteiger charge is -2.14. The number of hydrogen-bond acceptors (Lipinski definition) is 3. The zero-order valence-electron chi connectivity index (χ0n) is 7.71. The van der Waals surface area contributed by atoms with Crippen molar-refractivity contribution in [1.29, 1.82) is 0 Å². The lowest BCUT2D eigenvalue weighted by atomic mass is 10.2. The van der Waals surface area contributed by atoms with Crippen LogP contribution < -0.4 is 5.14 Å². The highest BCUT2D eigenvalue weighted by Gasteiger charge is 2.22. The maximum Gasteiger partial charge on any atom is 0.235 e. The highest BCUT2D eigenvalue weighted by molar-refractivity contribution is 7.95. The average molecular weight is 243 g/mol. The zero-order valence-corrected chi connectivity index (χ0v) is 9.35. The molecule has 2 N–H and O–H groups in total. The Bertz CT molecular complexity index is 560. The summed E-state index contributed by atoms with van der Waals surface area (Å²) in [5.74, 6) is -0.0319. The van der Waals surface area contributed by atoms with Crippen molar-refractivity contribution in [2.75, 3.05) is 5.75 Å². The summed E-state index contributed by atoms with van der Waals surface area (Å²) in [7, 11) is -5.05. The van der Waals surface area contributed by atoms with E-state index in [2.05, 4.69) is 0 Å². The Hall–Kier alpha value is -0.980. The molecule has 0 saturated carbocycles. The van der Waals surface area contributed by atoms with Gasteiger partial charge in [0, 0.05) is 4.90 Å². The van der Waals surface area contributed by atoms with Crippen LogP contribution in [0.3, 0.4) is 0 Å². The zero-order chi connectivity index (χ0) is 11.1. The summed E-state index contributed by atoms with van der Waals surface area (Å²) in [6.07, 6.45) is 1.48. The number of primary sulfonamides is 1. The smallest absolute Gasteiger partial charge is 0.235 e. The minimum absolute atomic E-state index is 0.0273. The summed E-state index contributed by atoms with van der Waals surface area (Å²) in [4.78, 5) is 0.685. The molecule has 0 saturated heterocycles. The van der Waals surface area contributed by atoms with Gasteiger partial charge in [0.15, 0.2) is 0 Å². The fraction of sp³-hybridized carbons (Fsp3) is 0.111. The molecule has 0 radical (unpaired) electrons. The van der Waals surface area contributed by atoms with Crippen molar-refractivity contribution < 1.29 is 12.6 Å². The van der Waals surface area contributed by atoms with Crippen LogP contribution in [0, 0.1) is 0 Å². The van der Waals surface area contributed by atoms with Gasteiger partial charge in [-0.05, 0) is 17.7 Å². The molecule has 1 aromatic carbocycles. The van der Waals surface area contributed by atoms with Gasteiger partial charge in [0.1, 0.15) is 0 Å². The fourth-order valence-electron chi connectivity index (χ4n) is 1.39. The first kappa shape index (κ1) is 10.5. The third-order valence-electron chi connectivity index (χ3n) is 2.12. The molecule has 1 atom stereocenters. The summed E-state index contributed by atoms with van der Waals surface area (Å²) < 4.78 is 33.9. The number of rotatable bonds is 1. The van der Waals surface area contributed by atoms with E-state index in [9.17, 15) is 12.6 Å². The summed E-state index contributed by atoms with van der Waals surface area (Å²) in [6.45, 7) is 0. The van der Waals surface area contributed by atoms with E-state index in [1.807, 2.05) is 0 Å². The third-order valence-corrected chi connectivity index (χ3v) is 4.73. The molecule has 1 heterocycles. The van der Waals surface area contributed by atoms with E-state index in [1.165, 1.54) is 6.08 Å².